The van der Waals surface area contributed by atoms with Gasteiger partial charge < -0.3 is 4.52 Å². The molecule has 0 saturated carbocycles. The van der Waals surface area contributed by atoms with Crippen LogP contribution in [0.25, 0.3) is 0 Å². The molecule has 0 radical (unpaired) electrons. The first-order valence-corrected chi connectivity index (χ1v) is 5.20. The van der Waals surface area contributed by atoms with Crippen molar-refractivity contribution in [2.45, 2.75) is 36.0 Å². The summed E-state index contributed by atoms with van der Waals surface area (Å²) in [5.41, 5.74) is 0. The van der Waals surface area contributed by atoms with Gasteiger partial charge in [0.25, 0.3) is 0 Å². The Morgan fingerprint density at radius 1 is 0.560 bits per heavy atom. The van der Waals surface area contributed by atoms with Gasteiger partial charge in [-0.2, -0.15) is 66.4 Å². The van der Waals surface area contributed by atoms with Gasteiger partial charge in [-0.1, -0.05) is 5.16 Å². The normalized spacial score (nSPS) is 15.6. The van der Waals surface area contributed by atoms with Gasteiger partial charge in [-0.25, -0.2) is 0 Å². The van der Waals surface area contributed by atoms with Crippen LogP contribution in [0, 0.1) is 0 Å². The van der Waals surface area contributed by atoms with Crippen molar-refractivity contribution >= 4 is 0 Å². The summed E-state index contributed by atoms with van der Waals surface area (Å²) >= 11 is 0. The van der Waals surface area contributed by atoms with E-state index in [1.807, 2.05) is 0 Å². The van der Waals surface area contributed by atoms with E-state index in [1.165, 1.54) is 10.1 Å². The van der Waals surface area contributed by atoms with Gasteiger partial charge in [0.1, 0.15) is 0 Å². The average Bonchev–Trinajstić information content (AvgIpc) is 2.85. The number of hydrogen-bond donors (Lipinski definition) is 0. The Labute approximate surface area is 125 Å². The summed E-state index contributed by atoms with van der Waals surface area (Å²) in [6.07, 6.45) is -14.0. The van der Waals surface area contributed by atoms with Crippen LogP contribution in [0.15, 0.2) is 4.52 Å². The lowest BCUT2D eigenvalue weighted by molar-refractivity contribution is -0.364. The van der Waals surface area contributed by atoms with Crippen LogP contribution in [0.5, 0.6) is 0 Å². The highest BCUT2D eigenvalue weighted by atomic mass is 19.4. The topological polar surface area (TPSA) is 38.9 Å². The molecule has 0 atom stereocenters. The molecule has 146 valence electrons. The maximum atomic E-state index is 13.1. The van der Waals surface area contributed by atoms with Gasteiger partial charge in [-0.05, 0) is 0 Å². The van der Waals surface area contributed by atoms with Crippen molar-refractivity contribution in [1.29, 1.82) is 0 Å². The second-order valence-corrected chi connectivity index (χ2v) is 4.22. The van der Waals surface area contributed by atoms with Gasteiger partial charge in [-0.3, -0.25) is 0 Å². The maximum absolute atomic E-state index is 13.1. The fraction of sp³-hybridized carbons (Fsp3) is 0.750. The smallest absolute Gasteiger partial charge is 0.332 e. The van der Waals surface area contributed by atoms with Crippen LogP contribution in [-0.2, 0) is 11.8 Å². The zero-order valence-electron chi connectivity index (χ0n) is 10.6. The van der Waals surface area contributed by atoms with E-state index in [-0.39, 0.29) is 0 Å². The lowest BCUT2D eigenvalue weighted by Gasteiger charge is -2.26. The number of halogens is 14. The van der Waals surface area contributed by atoms with Crippen molar-refractivity contribution < 1.29 is 66.0 Å². The van der Waals surface area contributed by atoms with Gasteiger partial charge in [0, 0.05) is 0 Å². The quantitative estimate of drug-likeness (QED) is 0.684. The van der Waals surface area contributed by atoms with Crippen LogP contribution in [0.3, 0.4) is 0 Å². The van der Waals surface area contributed by atoms with E-state index in [2.05, 4.69) is 4.52 Å². The second-order valence-electron chi connectivity index (χ2n) is 4.22. The molecule has 0 spiro atoms. The van der Waals surface area contributed by atoms with Gasteiger partial charge in [0.05, 0.1) is 0 Å². The molecule has 0 unspecified atom stereocenters. The Kier molecular flexibility index (Phi) is 4.52. The lowest BCUT2D eigenvalue weighted by atomic mass is 10.1. The minimum atomic E-state index is -6.99. The summed E-state index contributed by atoms with van der Waals surface area (Å²) in [5.74, 6) is -33.5. The maximum Gasteiger partial charge on any atom is 0.460 e. The molecular weight excluding hydrogens is 406 g/mol. The molecule has 0 saturated heterocycles. The van der Waals surface area contributed by atoms with E-state index in [1.54, 1.807) is 0 Å². The second kappa shape index (κ2) is 5.33. The first-order chi connectivity index (χ1) is 10.7. The number of alkyl halides is 14. The summed E-state index contributed by atoms with van der Waals surface area (Å²) in [7, 11) is 0. The summed E-state index contributed by atoms with van der Waals surface area (Å²) in [4.78, 5) is 1.48. The molecule has 0 N–H and O–H groups in total. The van der Waals surface area contributed by atoms with Crippen LogP contribution in [0.2, 0.25) is 0 Å². The molecule has 0 aliphatic heterocycles. The molecule has 0 fully saturated rings. The average molecular weight is 406 g/mol. The molecule has 17 heteroatoms. The van der Waals surface area contributed by atoms with Crippen LogP contribution in [0.1, 0.15) is 11.7 Å². The van der Waals surface area contributed by atoms with Crippen molar-refractivity contribution in [3.05, 3.63) is 11.7 Å². The molecule has 3 nitrogen and oxygen atoms in total. The molecule has 25 heavy (non-hydrogen) atoms. The minimum absolute atomic E-state index is 1.48. The summed E-state index contributed by atoms with van der Waals surface area (Å²) in [5, 5.41) is 1.53. The van der Waals surface area contributed by atoms with Crippen LogP contribution in [-0.4, -0.2) is 34.3 Å². The molecule has 0 aliphatic carbocycles. The van der Waals surface area contributed by atoms with E-state index in [0.717, 1.165) is 0 Å². The van der Waals surface area contributed by atoms with E-state index in [9.17, 15) is 61.5 Å². The SMILES string of the molecule is FC(F)(F)C(F)(F)C(F)(F)c1noc(C(F)(F)C(F)(F)C(F)(F)F)n1. The number of rotatable bonds is 4. The highest BCUT2D eigenvalue weighted by Crippen LogP contribution is 2.53. The molecule has 0 aliphatic rings. The standard InChI is InChI=1S/C8F14N2O/c9-3(10,5(13,14)7(17,18)19)1-23-2(25-24-1)4(11,12)6(15,16)8(20,21)22. The minimum Gasteiger partial charge on any atom is -0.332 e. The number of hydrogen-bond acceptors (Lipinski definition) is 3. The van der Waals surface area contributed by atoms with Gasteiger partial charge in [0.2, 0.25) is 5.82 Å². The fourth-order valence-corrected chi connectivity index (χ4v) is 1.11. The van der Waals surface area contributed by atoms with Crippen LogP contribution >= 0.6 is 0 Å². The first-order valence-electron chi connectivity index (χ1n) is 5.20. The highest BCUT2D eigenvalue weighted by Gasteiger charge is 2.78. The van der Waals surface area contributed by atoms with Crippen molar-refractivity contribution in [3.63, 3.8) is 0 Å². The van der Waals surface area contributed by atoms with Crippen molar-refractivity contribution in [3.8, 4) is 0 Å². The number of aromatic nitrogens is 2. The molecule has 1 aromatic heterocycles. The van der Waals surface area contributed by atoms with E-state index in [0.29, 0.717) is 0 Å². The first kappa shape index (κ1) is 21.2. The lowest BCUT2D eigenvalue weighted by Crippen LogP contribution is -2.51. The molecule has 1 aromatic rings. The predicted molar refractivity (Wildman–Crippen MR) is 44.1 cm³/mol. The molecule has 1 rings (SSSR count). The largest absolute Gasteiger partial charge is 0.460 e. The predicted octanol–water partition coefficient (Wildman–Crippen LogP) is 4.65. The van der Waals surface area contributed by atoms with E-state index < -0.39 is 47.8 Å². The molecule has 1 heterocycles. The summed E-state index contributed by atoms with van der Waals surface area (Å²) in [6.45, 7) is 0. The third-order valence-corrected chi connectivity index (χ3v) is 2.48. The Hall–Kier alpha value is -1.84. The molecule has 0 amide bonds. The van der Waals surface area contributed by atoms with Crippen molar-refractivity contribution in [2.75, 3.05) is 0 Å². The molecular formula is C8F14N2O. The highest BCUT2D eigenvalue weighted by molar-refractivity contribution is 5.09. The van der Waals surface area contributed by atoms with E-state index in [4.69, 9.17) is 0 Å². The van der Waals surface area contributed by atoms with Gasteiger partial charge >= 0.3 is 41.9 Å². The van der Waals surface area contributed by atoms with Crippen molar-refractivity contribution in [1.82, 2.24) is 10.1 Å². The Morgan fingerprint density at radius 3 is 1.28 bits per heavy atom. The summed E-state index contributed by atoms with van der Waals surface area (Å²) < 4.78 is 177. The zero-order valence-corrected chi connectivity index (χ0v) is 10.6. The zero-order chi connectivity index (χ0) is 20.3. The Balaban J connectivity index is 3.41. The molecule has 0 bridgehead atoms. The fourth-order valence-electron chi connectivity index (χ4n) is 1.11. The molecule has 0 aromatic carbocycles. The van der Waals surface area contributed by atoms with Crippen LogP contribution < -0.4 is 0 Å². The third-order valence-electron chi connectivity index (χ3n) is 2.48. The monoisotopic (exact) mass is 406 g/mol. The number of nitrogens with zero attached hydrogens (tertiary/aromatic N) is 2. The van der Waals surface area contributed by atoms with Crippen molar-refractivity contribution in [2.24, 2.45) is 0 Å². The van der Waals surface area contributed by atoms with Crippen LogP contribution in [0.4, 0.5) is 61.5 Å². The Bertz CT molecular complexity index is 573. The third kappa shape index (κ3) is 2.96. The van der Waals surface area contributed by atoms with Gasteiger partial charge in [-0.15, -0.1) is 0 Å². The summed E-state index contributed by atoms with van der Waals surface area (Å²) in [6, 6.07) is 0. The Morgan fingerprint density at radius 2 is 0.920 bits per heavy atom. The van der Waals surface area contributed by atoms with E-state index >= 15 is 0 Å². The van der Waals surface area contributed by atoms with Gasteiger partial charge in [0.15, 0.2) is 0 Å².